The van der Waals surface area contributed by atoms with E-state index in [0.717, 1.165) is 24.9 Å². The molecule has 7 nitrogen and oxygen atoms in total. The summed E-state index contributed by atoms with van der Waals surface area (Å²) in [4.78, 5) is 12.1. The largest absolute Gasteiger partial charge is 0.488 e. The van der Waals surface area contributed by atoms with Crippen LogP contribution in [0, 0.1) is 11.6 Å². The Kier molecular flexibility index (Phi) is 7.43. The summed E-state index contributed by atoms with van der Waals surface area (Å²) in [7, 11) is 1.17. The van der Waals surface area contributed by atoms with Crippen molar-refractivity contribution >= 4 is 23.4 Å². The van der Waals surface area contributed by atoms with E-state index in [1.54, 1.807) is 0 Å². The van der Waals surface area contributed by atoms with E-state index in [4.69, 9.17) is 25.8 Å². The second kappa shape index (κ2) is 10.8. The molecule has 3 N–H and O–H groups in total. The van der Waals surface area contributed by atoms with Gasteiger partial charge in [-0.3, -0.25) is 5.32 Å². The number of carbonyl (C=O) groups excluding carboxylic acids is 1. The molecule has 2 aliphatic rings. The van der Waals surface area contributed by atoms with Gasteiger partial charge in [0.05, 0.1) is 30.5 Å². The van der Waals surface area contributed by atoms with Crippen LogP contribution in [-0.2, 0) is 16.8 Å². The molecule has 10 heteroatoms. The van der Waals surface area contributed by atoms with Gasteiger partial charge in [-0.1, -0.05) is 41.9 Å². The van der Waals surface area contributed by atoms with Gasteiger partial charge in [-0.15, -0.1) is 0 Å². The van der Waals surface area contributed by atoms with Crippen LogP contribution in [0.15, 0.2) is 48.5 Å². The Balaban J connectivity index is 1.72. The SMILES string of the molecule is COC(=O)Nc1ccc(OCCO)c(F)c1-c1c(Cl)c(F)cc2c1CC(c1ccccc1)(C1CCCN1)O2. The van der Waals surface area contributed by atoms with Crippen LogP contribution in [0.1, 0.15) is 24.0 Å². The van der Waals surface area contributed by atoms with Crippen LogP contribution < -0.4 is 20.1 Å². The van der Waals surface area contributed by atoms with Crippen molar-refractivity contribution in [2.45, 2.75) is 30.9 Å². The Morgan fingerprint density at radius 2 is 2.03 bits per heavy atom. The standard InChI is InChI=1S/C28H27ClF2N2O5/c1-36-27(35)33-19-9-10-20(37-13-12-34)26(31)24(19)23-17-15-28(22-8-5-11-32-22,16-6-3-2-4-7-16)38-21(17)14-18(30)25(23)29/h2-4,6-7,9-10,14,22,32,34H,5,8,11-13,15H2,1H3,(H,33,35). The molecule has 2 atom stereocenters. The van der Waals surface area contributed by atoms with E-state index in [9.17, 15) is 9.90 Å². The zero-order chi connectivity index (χ0) is 26.9. The molecule has 38 heavy (non-hydrogen) atoms. The lowest BCUT2D eigenvalue weighted by Crippen LogP contribution is -2.48. The number of carbonyl (C=O) groups is 1. The molecule has 0 saturated carbocycles. The fourth-order valence-corrected chi connectivity index (χ4v) is 5.62. The van der Waals surface area contributed by atoms with Crippen LogP contribution in [0.2, 0.25) is 5.02 Å². The van der Waals surface area contributed by atoms with Gasteiger partial charge in [0.2, 0.25) is 0 Å². The third-order valence-corrected chi connectivity index (χ3v) is 7.40. The number of hydrogen-bond donors (Lipinski definition) is 3. The van der Waals surface area contributed by atoms with Crippen LogP contribution in [0.3, 0.4) is 0 Å². The Morgan fingerprint density at radius 3 is 2.71 bits per heavy atom. The number of aliphatic hydroxyl groups excluding tert-OH is 1. The van der Waals surface area contributed by atoms with Crippen LogP contribution in [0.25, 0.3) is 11.1 Å². The van der Waals surface area contributed by atoms with Gasteiger partial charge >= 0.3 is 6.09 Å². The molecule has 0 spiro atoms. The number of rotatable bonds is 7. The smallest absolute Gasteiger partial charge is 0.411 e. The molecule has 1 saturated heterocycles. The van der Waals surface area contributed by atoms with E-state index in [2.05, 4.69) is 10.6 Å². The van der Waals surface area contributed by atoms with Gasteiger partial charge in [-0.05, 0) is 37.1 Å². The lowest BCUT2D eigenvalue weighted by molar-refractivity contribution is 0.0539. The fraction of sp³-hybridized carbons (Fsp3) is 0.321. The zero-order valence-electron chi connectivity index (χ0n) is 20.7. The minimum Gasteiger partial charge on any atom is -0.488 e. The average molecular weight is 545 g/mol. The minimum absolute atomic E-state index is 0.0107. The Hall–Kier alpha value is -3.40. The lowest BCUT2D eigenvalue weighted by Gasteiger charge is -2.35. The van der Waals surface area contributed by atoms with E-state index in [0.29, 0.717) is 5.56 Å². The average Bonchev–Trinajstić information content (AvgIpc) is 3.60. The molecule has 0 aliphatic carbocycles. The van der Waals surface area contributed by atoms with Gasteiger partial charge in [0.1, 0.15) is 18.2 Å². The van der Waals surface area contributed by atoms with Crippen LogP contribution in [0.5, 0.6) is 11.5 Å². The monoisotopic (exact) mass is 544 g/mol. The molecule has 0 aromatic heterocycles. The predicted octanol–water partition coefficient (Wildman–Crippen LogP) is 5.42. The number of amides is 1. The maximum atomic E-state index is 16.1. The maximum Gasteiger partial charge on any atom is 0.411 e. The van der Waals surface area contributed by atoms with Gasteiger partial charge < -0.3 is 24.6 Å². The van der Waals surface area contributed by atoms with E-state index >= 15 is 8.78 Å². The first-order valence-corrected chi connectivity index (χ1v) is 12.7. The summed E-state index contributed by atoms with van der Waals surface area (Å²) in [5, 5.41) is 14.9. The Morgan fingerprint density at radius 1 is 1.24 bits per heavy atom. The molecule has 0 bridgehead atoms. The number of halogens is 3. The van der Waals surface area contributed by atoms with Crippen molar-refractivity contribution in [3.63, 3.8) is 0 Å². The van der Waals surface area contributed by atoms with E-state index in [1.807, 2.05) is 30.3 Å². The van der Waals surface area contributed by atoms with Crippen molar-refractivity contribution in [1.29, 1.82) is 0 Å². The summed E-state index contributed by atoms with van der Waals surface area (Å²) in [5.41, 5.74) is 0.404. The number of benzene rings is 3. The molecule has 1 amide bonds. The first-order chi connectivity index (χ1) is 18.4. The van der Waals surface area contributed by atoms with Crippen molar-refractivity contribution in [2.75, 3.05) is 32.2 Å². The van der Waals surface area contributed by atoms with Crippen molar-refractivity contribution in [2.24, 2.45) is 0 Å². The molecule has 0 radical (unpaired) electrons. The summed E-state index contributed by atoms with van der Waals surface area (Å²) in [6.07, 6.45) is 1.22. The molecule has 2 aliphatic heterocycles. The molecular formula is C28H27ClF2N2O5. The van der Waals surface area contributed by atoms with Crippen molar-refractivity contribution in [3.05, 3.63) is 76.3 Å². The quantitative estimate of drug-likeness (QED) is 0.368. The second-order valence-corrected chi connectivity index (χ2v) is 9.57. The summed E-state index contributed by atoms with van der Waals surface area (Å²) < 4.78 is 48.0. The summed E-state index contributed by atoms with van der Waals surface area (Å²) >= 11 is 6.54. The Bertz CT molecular complexity index is 1350. The number of fused-ring (bicyclic) bond motifs is 1. The first-order valence-electron chi connectivity index (χ1n) is 12.3. The molecule has 2 heterocycles. The van der Waals surface area contributed by atoms with Crippen LogP contribution in [0.4, 0.5) is 19.3 Å². The number of aliphatic hydroxyl groups is 1. The second-order valence-electron chi connectivity index (χ2n) is 9.20. The highest BCUT2D eigenvalue weighted by Gasteiger charge is 2.50. The zero-order valence-corrected chi connectivity index (χ0v) is 21.4. The van der Waals surface area contributed by atoms with E-state index in [-0.39, 0.29) is 59.0 Å². The third-order valence-electron chi connectivity index (χ3n) is 7.03. The van der Waals surface area contributed by atoms with Crippen molar-refractivity contribution < 1.29 is 32.9 Å². The van der Waals surface area contributed by atoms with Crippen molar-refractivity contribution in [3.8, 4) is 22.6 Å². The highest BCUT2D eigenvalue weighted by molar-refractivity contribution is 6.34. The topological polar surface area (TPSA) is 89.1 Å². The predicted molar refractivity (Wildman–Crippen MR) is 139 cm³/mol. The highest BCUT2D eigenvalue weighted by Crippen LogP contribution is 2.53. The van der Waals surface area contributed by atoms with Crippen molar-refractivity contribution in [1.82, 2.24) is 5.32 Å². The molecule has 5 rings (SSSR count). The minimum atomic E-state index is -0.886. The normalized spacial score (nSPS) is 20.1. The summed E-state index contributed by atoms with van der Waals surface area (Å²) in [5.74, 6) is -1.62. The molecule has 3 aromatic rings. The van der Waals surface area contributed by atoms with E-state index in [1.165, 1.54) is 25.3 Å². The third kappa shape index (κ3) is 4.55. The van der Waals surface area contributed by atoms with Gasteiger partial charge in [0.15, 0.2) is 17.2 Å². The molecule has 2 unspecified atom stereocenters. The van der Waals surface area contributed by atoms with Gasteiger partial charge in [0.25, 0.3) is 0 Å². The van der Waals surface area contributed by atoms with Gasteiger partial charge in [-0.2, -0.15) is 0 Å². The van der Waals surface area contributed by atoms with Crippen LogP contribution >= 0.6 is 11.6 Å². The highest BCUT2D eigenvalue weighted by atomic mass is 35.5. The molecule has 200 valence electrons. The number of nitrogens with one attached hydrogen (secondary N) is 2. The molecule has 3 aromatic carbocycles. The van der Waals surface area contributed by atoms with Gasteiger partial charge in [-0.25, -0.2) is 13.6 Å². The molecular weight excluding hydrogens is 518 g/mol. The number of methoxy groups -OCH3 is 1. The first kappa shape index (κ1) is 26.2. The maximum absolute atomic E-state index is 16.1. The van der Waals surface area contributed by atoms with E-state index < -0.39 is 23.3 Å². The fourth-order valence-electron chi connectivity index (χ4n) is 5.36. The Labute approximate surface area is 223 Å². The summed E-state index contributed by atoms with van der Waals surface area (Å²) in [6, 6.07) is 13.5. The molecule has 1 fully saturated rings. The number of hydrogen-bond acceptors (Lipinski definition) is 6. The summed E-state index contributed by atoms with van der Waals surface area (Å²) in [6.45, 7) is 0.310. The van der Waals surface area contributed by atoms with Gasteiger partial charge in [0, 0.05) is 29.2 Å². The number of anilines is 1. The number of ether oxygens (including phenoxy) is 3. The lowest BCUT2D eigenvalue weighted by atomic mass is 9.80. The van der Waals surface area contributed by atoms with Crippen LogP contribution in [-0.4, -0.2) is 44.1 Å².